The SMILES string of the molecule is O=C(O)/C=C/C(=O)Nn1cc(C(=O)c2ccccc2)c(-c2ccccc2)nc1=O. The molecule has 0 atom stereocenters. The molecule has 0 saturated carbocycles. The summed E-state index contributed by atoms with van der Waals surface area (Å²) in [5.74, 6) is -2.56. The zero-order valence-corrected chi connectivity index (χ0v) is 15.0. The Hall–Kier alpha value is -4.33. The summed E-state index contributed by atoms with van der Waals surface area (Å²) in [5.41, 5.74) is 2.59. The Bertz CT molecular complexity index is 1150. The van der Waals surface area contributed by atoms with E-state index < -0.39 is 17.6 Å². The lowest BCUT2D eigenvalue weighted by molar-refractivity contribution is -0.131. The molecule has 0 aliphatic heterocycles. The van der Waals surface area contributed by atoms with Crippen LogP contribution in [-0.2, 0) is 9.59 Å². The maximum absolute atomic E-state index is 13.0. The number of amides is 1. The third-order valence-corrected chi connectivity index (χ3v) is 3.86. The molecule has 0 unspecified atom stereocenters. The van der Waals surface area contributed by atoms with Crippen molar-refractivity contribution in [2.24, 2.45) is 0 Å². The summed E-state index contributed by atoms with van der Waals surface area (Å²) >= 11 is 0. The highest BCUT2D eigenvalue weighted by molar-refractivity contribution is 6.12. The molecule has 2 aromatic carbocycles. The van der Waals surface area contributed by atoms with Crippen LogP contribution in [0.15, 0.2) is 83.8 Å². The molecule has 1 heterocycles. The van der Waals surface area contributed by atoms with Crippen LogP contribution < -0.4 is 11.1 Å². The van der Waals surface area contributed by atoms with Gasteiger partial charge in [0.1, 0.15) is 0 Å². The van der Waals surface area contributed by atoms with Crippen LogP contribution in [0, 0.1) is 0 Å². The fraction of sp³-hybridized carbons (Fsp3) is 0. The fourth-order valence-electron chi connectivity index (χ4n) is 2.57. The van der Waals surface area contributed by atoms with Crippen molar-refractivity contribution in [3.63, 3.8) is 0 Å². The summed E-state index contributed by atoms with van der Waals surface area (Å²) in [6.45, 7) is 0. The zero-order valence-electron chi connectivity index (χ0n) is 15.0. The number of carboxylic acids is 1. The molecular weight excluding hydrogens is 374 g/mol. The molecule has 2 N–H and O–H groups in total. The summed E-state index contributed by atoms with van der Waals surface area (Å²) in [5, 5.41) is 8.60. The van der Waals surface area contributed by atoms with Gasteiger partial charge >= 0.3 is 11.7 Å². The van der Waals surface area contributed by atoms with E-state index in [2.05, 4.69) is 10.4 Å². The van der Waals surface area contributed by atoms with Crippen molar-refractivity contribution in [3.8, 4) is 11.3 Å². The first-order valence-electron chi connectivity index (χ1n) is 8.46. The van der Waals surface area contributed by atoms with Gasteiger partial charge in [0.25, 0.3) is 5.91 Å². The van der Waals surface area contributed by atoms with Crippen molar-refractivity contribution >= 4 is 17.7 Å². The minimum absolute atomic E-state index is 0.101. The molecule has 0 aliphatic rings. The van der Waals surface area contributed by atoms with E-state index in [-0.39, 0.29) is 17.0 Å². The largest absolute Gasteiger partial charge is 0.478 e. The van der Waals surface area contributed by atoms with Crippen LogP contribution in [0.5, 0.6) is 0 Å². The van der Waals surface area contributed by atoms with Crippen molar-refractivity contribution in [1.29, 1.82) is 0 Å². The van der Waals surface area contributed by atoms with E-state index in [9.17, 15) is 19.2 Å². The number of rotatable bonds is 6. The van der Waals surface area contributed by atoms with E-state index in [1.165, 1.54) is 6.20 Å². The Labute approximate surface area is 164 Å². The Morgan fingerprint density at radius 3 is 2.17 bits per heavy atom. The fourth-order valence-corrected chi connectivity index (χ4v) is 2.57. The van der Waals surface area contributed by atoms with Gasteiger partial charge in [0, 0.05) is 29.5 Å². The first kappa shape index (κ1) is 19.4. The standard InChI is InChI=1S/C21H15N3O5/c25-17(11-12-18(26)27)23-24-13-16(20(28)15-9-5-2-6-10-15)19(22-21(24)29)14-7-3-1-4-8-14/h1-13H,(H,23,25)(H,26,27)/b12-11+. The molecule has 0 saturated heterocycles. The lowest BCUT2D eigenvalue weighted by Gasteiger charge is -2.12. The van der Waals surface area contributed by atoms with Crippen LogP contribution in [0.4, 0.5) is 0 Å². The van der Waals surface area contributed by atoms with Gasteiger partial charge in [-0.1, -0.05) is 60.7 Å². The Morgan fingerprint density at radius 2 is 1.55 bits per heavy atom. The van der Waals surface area contributed by atoms with Gasteiger partial charge in [-0.3, -0.25) is 15.0 Å². The number of aliphatic carboxylic acids is 1. The number of aromatic nitrogens is 2. The second kappa shape index (κ2) is 8.57. The van der Waals surface area contributed by atoms with E-state index in [0.29, 0.717) is 17.2 Å². The highest BCUT2D eigenvalue weighted by Crippen LogP contribution is 2.22. The van der Waals surface area contributed by atoms with Crippen molar-refractivity contribution in [1.82, 2.24) is 9.66 Å². The average Bonchev–Trinajstić information content (AvgIpc) is 2.74. The molecule has 0 spiro atoms. The third-order valence-electron chi connectivity index (χ3n) is 3.86. The smallest absolute Gasteiger partial charge is 0.367 e. The maximum atomic E-state index is 13.0. The summed E-state index contributed by atoms with van der Waals surface area (Å²) in [4.78, 5) is 51.8. The number of carbonyl (C=O) groups excluding carboxylic acids is 2. The highest BCUT2D eigenvalue weighted by atomic mass is 16.4. The molecule has 0 bridgehead atoms. The first-order chi connectivity index (χ1) is 14.0. The molecule has 8 nitrogen and oxygen atoms in total. The molecular formula is C21H15N3O5. The molecule has 3 aromatic rings. The quantitative estimate of drug-likeness (QED) is 0.491. The summed E-state index contributed by atoms with van der Waals surface area (Å²) in [6.07, 6.45) is 2.56. The average molecular weight is 389 g/mol. The topological polar surface area (TPSA) is 118 Å². The van der Waals surface area contributed by atoms with Gasteiger partial charge in [-0.2, -0.15) is 4.98 Å². The Kier molecular flexibility index (Phi) is 5.74. The number of ketones is 1. The second-order valence-corrected chi connectivity index (χ2v) is 5.86. The van der Waals surface area contributed by atoms with Crippen molar-refractivity contribution in [3.05, 3.63) is 101 Å². The van der Waals surface area contributed by atoms with E-state index in [1.807, 2.05) is 0 Å². The summed E-state index contributed by atoms with van der Waals surface area (Å²) in [6, 6.07) is 17.1. The number of carboxylic acid groups (broad SMARTS) is 1. The third kappa shape index (κ3) is 4.69. The van der Waals surface area contributed by atoms with Gasteiger partial charge in [-0.15, -0.1) is 0 Å². The molecule has 29 heavy (non-hydrogen) atoms. The van der Waals surface area contributed by atoms with Crippen LogP contribution >= 0.6 is 0 Å². The molecule has 3 rings (SSSR count). The number of benzene rings is 2. The van der Waals surface area contributed by atoms with Crippen LogP contribution in [0.1, 0.15) is 15.9 Å². The monoisotopic (exact) mass is 389 g/mol. The Balaban J connectivity index is 2.09. The van der Waals surface area contributed by atoms with Gasteiger partial charge in [-0.25, -0.2) is 14.3 Å². The predicted octanol–water partition coefficient (Wildman–Crippen LogP) is 1.85. The van der Waals surface area contributed by atoms with Crippen LogP contribution in [0.25, 0.3) is 11.3 Å². The van der Waals surface area contributed by atoms with Crippen molar-refractivity contribution in [2.45, 2.75) is 0 Å². The zero-order chi connectivity index (χ0) is 20.8. The van der Waals surface area contributed by atoms with Gasteiger partial charge in [0.05, 0.1) is 11.3 Å². The van der Waals surface area contributed by atoms with Gasteiger partial charge in [0.15, 0.2) is 5.78 Å². The molecule has 144 valence electrons. The molecule has 1 amide bonds. The summed E-state index contributed by atoms with van der Waals surface area (Å²) in [7, 11) is 0. The molecule has 0 fully saturated rings. The van der Waals surface area contributed by atoms with Crippen molar-refractivity contribution in [2.75, 3.05) is 5.43 Å². The van der Waals surface area contributed by atoms with Gasteiger partial charge in [-0.05, 0) is 0 Å². The number of nitrogens with one attached hydrogen (secondary N) is 1. The number of carbonyl (C=O) groups is 3. The molecule has 8 heteroatoms. The lowest BCUT2D eigenvalue weighted by atomic mass is 9.99. The van der Waals surface area contributed by atoms with Crippen molar-refractivity contribution < 1.29 is 19.5 Å². The van der Waals surface area contributed by atoms with Gasteiger partial charge in [0.2, 0.25) is 0 Å². The second-order valence-electron chi connectivity index (χ2n) is 5.86. The number of hydrogen-bond acceptors (Lipinski definition) is 5. The predicted molar refractivity (Wildman–Crippen MR) is 105 cm³/mol. The van der Waals surface area contributed by atoms with E-state index in [0.717, 1.165) is 10.8 Å². The minimum atomic E-state index is -1.31. The molecule has 0 radical (unpaired) electrons. The highest BCUT2D eigenvalue weighted by Gasteiger charge is 2.19. The first-order valence-corrected chi connectivity index (χ1v) is 8.46. The molecule has 0 aliphatic carbocycles. The van der Waals surface area contributed by atoms with Gasteiger partial charge < -0.3 is 5.11 Å². The number of nitrogens with zero attached hydrogens (tertiary/aromatic N) is 2. The van der Waals surface area contributed by atoms with Crippen LogP contribution in [0.3, 0.4) is 0 Å². The summed E-state index contributed by atoms with van der Waals surface area (Å²) < 4.78 is 0.747. The maximum Gasteiger partial charge on any atom is 0.367 e. The van der Waals surface area contributed by atoms with Crippen LogP contribution in [-0.4, -0.2) is 32.4 Å². The van der Waals surface area contributed by atoms with Crippen LogP contribution in [0.2, 0.25) is 0 Å². The van der Waals surface area contributed by atoms with E-state index in [1.54, 1.807) is 60.7 Å². The number of hydrogen-bond donors (Lipinski definition) is 2. The normalized spacial score (nSPS) is 10.6. The molecule has 1 aromatic heterocycles. The minimum Gasteiger partial charge on any atom is -0.478 e. The Morgan fingerprint density at radius 1 is 0.931 bits per heavy atom. The van der Waals surface area contributed by atoms with E-state index >= 15 is 0 Å². The lowest BCUT2D eigenvalue weighted by Crippen LogP contribution is -2.35. The van der Waals surface area contributed by atoms with E-state index in [4.69, 9.17) is 5.11 Å².